The molecule has 2 atom stereocenters. The van der Waals surface area contributed by atoms with Gasteiger partial charge in [-0.25, -0.2) is 8.42 Å². The van der Waals surface area contributed by atoms with Gasteiger partial charge in [-0.3, -0.25) is 9.78 Å². The molecule has 4 heterocycles. The van der Waals surface area contributed by atoms with Crippen molar-refractivity contribution in [2.75, 3.05) is 39.2 Å². The van der Waals surface area contributed by atoms with Crippen LogP contribution in [0.3, 0.4) is 0 Å². The summed E-state index contributed by atoms with van der Waals surface area (Å²) in [6.07, 6.45) is 7.85. The second kappa shape index (κ2) is 12.0. The number of methoxy groups -OCH3 is 1. The first-order valence-electron chi connectivity index (χ1n) is 13.6. The van der Waals surface area contributed by atoms with E-state index in [1.54, 1.807) is 49.8 Å². The van der Waals surface area contributed by atoms with Crippen molar-refractivity contribution in [1.82, 2.24) is 14.2 Å². The van der Waals surface area contributed by atoms with E-state index in [0.717, 1.165) is 37.0 Å². The minimum Gasteiger partial charge on any atom is -0.497 e. The Kier molecular flexibility index (Phi) is 8.66. The molecule has 0 bridgehead atoms. The van der Waals surface area contributed by atoms with Crippen LogP contribution in [0.2, 0.25) is 0 Å². The molecule has 1 aromatic heterocycles. The van der Waals surface area contributed by atoms with E-state index in [0.29, 0.717) is 41.3 Å². The van der Waals surface area contributed by atoms with Gasteiger partial charge in [0, 0.05) is 37.3 Å². The van der Waals surface area contributed by atoms with Gasteiger partial charge in [-0.15, -0.1) is 11.8 Å². The van der Waals surface area contributed by atoms with Gasteiger partial charge in [0.1, 0.15) is 12.4 Å². The fourth-order valence-corrected chi connectivity index (χ4v) is 9.45. The quantitative estimate of drug-likeness (QED) is 0.456. The number of amides is 1. The number of ether oxygens (including phenoxy) is 2. The van der Waals surface area contributed by atoms with Gasteiger partial charge >= 0.3 is 0 Å². The number of hydrogen-bond acceptors (Lipinski definition) is 7. The van der Waals surface area contributed by atoms with Crippen LogP contribution in [0.5, 0.6) is 5.75 Å². The van der Waals surface area contributed by atoms with Crippen LogP contribution in [0.1, 0.15) is 54.8 Å². The Balaban J connectivity index is 1.28. The molecule has 0 N–H and O–H groups in total. The number of carbonyl (C=O) groups is 1. The minimum absolute atomic E-state index is 0.0627. The number of rotatable bonds is 8. The van der Waals surface area contributed by atoms with Crippen LogP contribution in [0, 0.1) is 13.8 Å². The largest absolute Gasteiger partial charge is 0.497 e. The van der Waals surface area contributed by atoms with E-state index in [1.807, 2.05) is 28.8 Å². The predicted octanol–water partition coefficient (Wildman–Crippen LogP) is 4.63. The molecule has 3 aliphatic heterocycles. The zero-order valence-corrected chi connectivity index (χ0v) is 24.5. The van der Waals surface area contributed by atoms with Crippen molar-refractivity contribution in [2.24, 2.45) is 0 Å². The van der Waals surface area contributed by atoms with Crippen molar-refractivity contribution in [3.8, 4) is 5.75 Å². The Bertz CT molecular complexity index is 1320. The molecular formula is C29H37N3O5S2. The van der Waals surface area contributed by atoms with Crippen LogP contribution >= 0.6 is 11.8 Å². The molecule has 210 valence electrons. The van der Waals surface area contributed by atoms with E-state index in [2.05, 4.69) is 4.98 Å². The highest BCUT2D eigenvalue weighted by Crippen LogP contribution is 2.46. The van der Waals surface area contributed by atoms with Crippen molar-refractivity contribution in [3.63, 3.8) is 0 Å². The Hall–Kier alpha value is -2.40. The third-order valence-corrected chi connectivity index (χ3v) is 11.4. The molecule has 0 aliphatic carbocycles. The number of sulfonamides is 1. The molecule has 5 rings (SSSR count). The highest BCUT2D eigenvalue weighted by molar-refractivity contribution is 8.03. The number of aromatic nitrogens is 1. The molecule has 8 nitrogen and oxygen atoms in total. The Morgan fingerprint density at radius 3 is 2.56 bits per heavy atom. The normalized spacial score (nSPS) is 22.2. The van der Waals surface area contributed by atoms with Gasteiger partial charge in [0.2, 0.25) is 15.9 Å². The summed E-state index contributed by atoms with van der Waals surface area (Å²) < 4.78 is 40.6. The fourth-order valence-electron chi connectivity index (χ4n) is 6.15. The molecule has 1 fully saturated rings. The second-order valence-corrected chi connectivity index (χ2v) is 13.5. The topological polar surface area (TPSA) is 89.0 Å². The number of benzene rings is 1. The lowest BCUT2D eigenvalue weighted by molar-refractivity contribution is -0.138. The fraction of sp³-hybridized carbons (Fsp3) is 0.517. The monoisotopic (exact) mass is 571 g/mol. The third kappa shape index (κ3) is 5.75. The van der Waals surface area contributed by atoms with Gasteiger partial charge in [0.05, 0.1) is 24.7 Å². The molecule has 0 spiro atoms. The van der Waals surface area contributed by atoms with Crippen LogP contribution in [-0.2, 0) is 19.6 Å². The zero-order chi connectivity index (χ0) is 27.6. The molecule has 0 saturated carbocycles. The molecule has 39 heavy (non-hydrogen) atoms. The maximum Gasteiger partial charge on any atom is 0.249 e. The summed E-state index contributed by atoms with van der Waals surface area (Å²) in [5, 5.41) is 0. The summed E-state index contributed by atoms with van der Waals surface area (Å²) in [6, 6.07) is 7.09. The molecule has 1 amide bonds. The standard InChI is InChI=1S/C29H37N3O5S2/c1-20-16-24(36-3)17-21(2)29(20)39(34,35)32-13-5-4-6-23(32)18-37-19-27(33)31-14-9-26-25(10-15-38-26)28(31)22-7-11-30-12-8-22/h7-8,11-12,16-17,23,28H,4-6,9-10,13-15,18-19H2,1-3H3. The lowest BCUT2D eigenvalue weighted by atomic mass is 9.92. The first kappa shape index (κ1) is 28.1. The SMILES string of the molecule is COc1cc(C)c(S(=O)(=O)N2CCCCC2COCC(=O)N2CCC3=C(CCS3)C2c2ccncc2)c(C)c1. The van der Waals surface area contributed by atoms with Gasteiger partial charge < -0.3 is 14.4 Å². The van der Waals surface area contributed by atoms with Crippen LogP contribution < -0.4 is 4.74 Å². The third-order valence-electron chi connectivity index (χ3n) is 7.91. The maximum absolute atomic E-state index is 13.8. The highest BCUT2D eigenvalue weighted by atomic mass is 32.2. The predicted molar refractivity (Wildman–Crippen MR) is 152 cm³/mol. The number of carbonyl (C=O) groups excluding carboxylic acids is 1. The van der Waals surface area contributed by atoms with Gasteiger partial charge in [-0.05, 0) is 91.0 Å². The van der Waals surface area contributed by atoms with Crippen LogP contribution in [0.25, 0.3) is 0 Å². The average Bonchev–Trinajstić information content (AvgIpc) is 3.41. The Labute approximate surface area is 235 Å². The summed E-state index contributed by atoms with van der Waals surface area (Å²) >= 11 is 1.91. The van der Waals surface area contributed by atoms with E-state index in [4.69, 9.17) is 9.47 Å². The van der Waals surface area contributed by atoms with Crippen molar-refractivity contribution < 1.29 is 22.7 Å². The minimum atomic E-state index is -3.74. The molecule has 0 radical (unpaired) electrons. The van der Waals surface area contributed by atoms with Crippen LogP contribution in [0.15, 0.2) is 52.0 Å². The molecule has 10 heteroatoms. The molecular weight excluding hydrogens is 534 g/mol. The first-order valence-corrected chi connectivity index (χ1v) is 16.0. The number of nitrogens with zero attached hydrogens (tertiary/aromatic N) is 3. The van der Waals surface area contributed by atoms with E-state index >= 15 is 0 Å². The molecule has 1 aromatic carbocycles. The highest BCUT2D eigenvalue weighted by Gasteiger charge is 2.38. The summed E-state index contributed by atoms with van der Waals surface area (Å²) in [5.74, 6) is 1.64. The van der Waals surface area contributed by atoms with Crippen LogP contribution in [0.4, 0.5) is 0 Å². The number of thioether (sulfide) groups is 1. The summed E-state index contributed by atoms with van der Waals surface area (Å²) in [7, 11) is -2.16. The lowest BCUT2D eigenvalue weighted by Gasteiger charge is -2.38. The number of pyridine rings is 1. The maximum atomic E-state index is 13.8. The van der Waals surface area contributed by atoms with Crippen molar-refractivity contribution in [3.05, 3.63) is 63.8 Å². The second-order valence-electron chi connectivity index (χ2n) is 10.4. The molecule has 2 unspecified atom stereocenters. The van der Waals surface area contributed by atoms with Gasteiger partial charge in [0.25, 0.3) is 0 Å². The van der Waals surface area contributed by atoms with Gasteiger partial charge in [-0.2, -0.15) is 4.31 Å². The van der Waals surface area contributed by atoms with Crippen molar-refractivity contribution >= 4 is 27.7 Å². The summed E-state index contributed by atoms with van der Waals surface area (Å²) in [5.41, 5.74) is 3.74. The van der Waals surface area contributed by atoms with E-state index in [1.165, 1.54) is 10.5 Å². The Morgan fingerprint density at radius 2 is 1.85 bits per heavy atom. The van der Waals surface area contributed by atoms with E-state index < -0.39 is 10.0 Å². The summed E-state index contributed by atoms with van der Waals surface area (Å²) in [6.45, 7) is 4.83. The van der Waals surface area contributed by atoms with E-state index in [-0.39, 0.29) is 31.2 Å². The number of piperidine rings is 1. The van der Waals surface area contributed by atoms with Gasteiger partial charge in [0.15, 0.2) is 0 Å². The Morgan fingerprint density at radius 1 is 1.10 bits per heavy atom. The van der Waals surface area contributed by atoms with Gasteiger partial charge in [-0.1, -0.05) is 6.42 Å². The summed E-state index contributed by atoms with van der Waals surface area (Å²) in [4.78, 5) is 21.3. The van der Waals surface area contributed by atoms with Crippen molar-refractivity contribution in [2.45, 2.75) is 62.9 Å². The smallest absolute Gasteiger partial charge is 0.249 e. The van der Waals surface area contributed by atoms with Crippen molar-refractivity contribution in [1.29, 1.82) is 0 Å². The van der Waals surface area contributed by atoms with E-state index in [9.17, 15) is 13.2 Å². The molecule has 2 aromatic rings. The molecule has 3 aliphatic rings. The average molecular weight is 572 g/mol. The first-order chi connectivity index (χ1) is 18.8. The zero-order valence-electron chi connectivity index (χ0n) is 22.9. The lowest BCUT2D eigenvalue weighted by Crippen LogP contribution is -2.47. The number of hydrogen-bond donors (Lipinski definition) is 0. The number of aryl methyl sites for hydroxylation is 2. The molecule has 1 saturated heterocycles. The van der Waals surface area contributed by atoms with Crippen LogP contribution in [-0.4, -0.2) is 73.7 Å².